The average Bonchev–Trinajstić information content (AvgIpc) is 3.13. The number of piperidine rings is 1. The molecule has 1 saturated heterocycles. The third-order valence-electron chi connectivity index (χ3n) is 4.89. The zero-order valence-electron chi connectivity index (χ0n) is 14.6. The van der Waals surface area contributed by atoms with Crippen molar-refractivity contribution in [2.45, 2.75) is 18.9 Å². The summed E-state index contributed by atoms with van der Waals surface area (Å²) < 4.78 is 1.52. The number of aromatic amines is 1. The van der Waals surface area contributed by atoms with Crippen molar-refractivity contribution in [1.29, 1.82) is 0 Å². The van der Waals surface area contributed by atoms with E-state index in [9.17, 15) is 9.59 Å². The largest absolute Gasteiger partial charge is 0.361 e. The normalized spacial score (nSPS) is 17.4. The van der Waals surface area contributed by atoms with E-state index in [0.29, 0.717) is 17.9 Å². The van der Waals surface area contributed by atoms with E-state index in [-0.39, 0.29) is 17.5 Å². The van der Waals surface area contributed by atoms with Crippen LogP contribution in [0.2, 0.25) is 0 Å². The van der Waals surface area contributed by atoms with Gasteiger partial charge in [-0.05, 0) is 25.0 Å². The molecule has 3 aromatic rings. The van der Waals surface area contributed by atoms with Gasteiger partial charge in [-0.2, -0.15) is 0 Å². The fourth-order valence-electron chi connectivity index (χ4n) is 3.53. The zero-order valence-corrected chi connectivity index (χ0v) is 14.6. The second-order valence-electron chi connectivity index (χ2n) is 6.67. The summed E-state index contributed by atoms with van der Waals surface area (Å²) in [6.45, 7) is 1.35. The summed E-state index contributed by atoms with van der Waals surface area (Å²) in [7, 11) is 1.72. The molecule has 3 heterocycles. The van der Waals surface area contributed by atoms with E-state index in [0.717, 1.165) is 30.3 Å². The van der Waals surface area contributed by atoms with Crippen LogP contribution in [0, 0.1) is 0 Å². The van der Waals surface area contributed by atoms with Crippen LogP contribution in [0.25, 0.3) is 10.9 Å². The van der Waals surface area contributed by atoms with Gasteiger partial charge in [0.05, 0.1) is 11.1 Å². The molecule has 0 bridgehead atoms. The quantitative estimate of drug-likeness (QED) is 0.752. The van der Waals surface area contributed by atoms with E-state index in [2.05, 4.69) is 15.3 Å². The number of amides is 1. The van der Waals surface area contributed by atoms with Crippen molar-refractivity contribution < 1.29 is 4.79 Å². The maximum atomic E-state index is 12.8. The van der Waals surface area contributed by atoms with Crippen molar-refractivity contribution in [3.63, 3.8) is 0 Å². The monoisotopic (exact) mass is 351 g/mol. The number of carbonyl (C=O) groups excluding carboxylic acids is 1. The van der Waals surface area contributed by atoms with Gasteiger partial charge in [0.1, 0.15) is 0 Å². The van der Waals surface area contributed by atoms with Crippen LogP contribution in [0.4, 0.5) is 5.82 Å². The smallest absolute Gasteiger partial charge is 0.293 e. The van der Waals surface area contributed by atoms with E-state index in [1.54, 1.807) is 19.4 Å². The Kier molecular flexibility index (Phi) is 4.20. The summed E-state index contributed by atoms with van der Waals surface area (Å²) in [5.41, 5.74) is 1.37. The lowest BCUT2D eigenvalue weighted by molar-refractivity contribution is 0.0934. The number of hydrogen-bond donors (Lipinski definition) is 2. The second-order valence-corrected chi connectivity index (χ2v) is 6.67. The van der Waals surface area contributed by atoms with Crippen molar-refractivity contribution in [2.24, 2.45) is 7.05 Å². The molecule has 0 radical (unpaired) electrons. The van der Waals surface area contributed by atoms with Crippen LogP contribution in [-0.4, -0.2) is 39.6 Å². The number of aryl methyl sites for hydroxylation is 1. The number of aromatic nitrogens is 3. The SMILES string of the molecule is Cn1ccnc(N2CCC[C@@H](NC(=O)c3cccc4cc[nH]c34)C2)c1=O. The van der Waals surface area contributed by atoms with Crippen molar-refractivity contribution in [3.8, 4) is 0 Å². The molecule has 1 atom stereocenters. The molecule has 1 aromatic carbocycles. The second kappa shape index (κ2) is 6.67. The number of para-hydroxylation sites is 1. The number of H-pyrrole nitrogens is 1. The Morgan fingerprint density at radius 1 is 1.35 bits per heavy atom. The predicted octanol–water partition coefficient (Wildman–Crippen LogP) is 1.66. The number of anilines is 1. The Balaban J connectivity index is 1.52. The van der Waals surface area contributed by atoms with Crippen molar-refractivity contribution >= 4 is 22.6 Å². The lowest BCUT2D eigenvalue weighted by Gasteiger charge is -2.33. The van der Waals surface area contributed by atoms with Gasteiger partial charge in [-0.25, -0.2) is 4.98 Å². The maximum absolute atomic E-state index is 12.8. The minimum absolute atomic E-state index is 0.0202. The van der Waals surface area contributed by atoms with Crippen LogP contribution in [0.1, 0.15) is 23.2 Å². The molecule has 134 valence electrons. The first kappa shape index (κ1) is 16.4. The lowest BCUT2D eigenvalue weighted by Crippen LogP contribution is -2.49. The first-order valence-electron chi connectivity index (χ1n) is 8.77. The van der Waals surface area contributed by atoms with Crippen molar-refractivity contribution in [1.82, 2.24) is 19.9 Å². The summed E-state index contributed by atoms with van der Waals surface area (Å²) in [5, 5.41) is 4.13. The molecular weight excluding hydrogens is 330 g/mol. The number of hydrogen-bond acceptors (Lipinski definition) is 4. The summed E-state index contributed by atoms with van der Waals surface area (Å²) in [4.78, 5) is 34.4. The molecule has 1 aliphatic heterocycles. The number of fused-ring (bicyclic) bond motifs is 1. The molecule has 0 unspecified atom stereocenters. The minimum Gasteiger partial charge on any atom is -0.361 e. The van der Waals surface area contributed by atoms with Gasteiger partial charge in [0, 0.05) is 50.2 Å². The Hall–Kier alpha value is -3.09. The van der Waals surface area contributed by atoms with Crippen LogP contribution >= 0.6 is 0 Å². The molecule has 7 nitrogen and oxygen atoms in total. The van der Waals surface area contributed by atoms with Gasteiger partial charge in [0.15, 0.2) is 5.82 Å². The van der Waals surface area contributed by atoms with Gasteiger partial charge in [-0.3, -0.25) is 9.59 Å². The number of nitrogens with zero attached hydrogens (tertiary/aromatic N) is 3. The molecule has 1 fully saturated rings. The minimum atomic E-state index is -0.115. The van der Waals surface area contributed by atoms with Gasteiger partial charge in [-0.15, -0.1) is 0 Å². The highest BCUT2D eigenvalue weighted by Gasteiger charge is 2.25. The zero-order chi connectivity index (χ0) is 18.1. The summed E-state index contributed by atoms with van der Waals surface area (Å²) >= 11 is 0. The van der Waals surface area contributed by atoms with E-state index in [1.165, 1.54) is 4.57 Å². The molecule has 0 spiro atoms. The molecule has 2 N–H and O–H groups in total. The molecule has 1 aliphatic rings. The Labute approximate surface area is 150 Å². The molecule has 1 amide bonds. The fraction of sp³-hybridized carbons (Fsp3) is 0.316. The van der Waals surface area contributed by atoms with Crippen LogP contribution in [0.3, 0.4) is 0 Å². The van der Waals surface area contributed by atoms with Gasteiger partial charge < -0.3 is 19.8 Å². The molecular formula is C19H21N5O2. The average molecular weight is 351 g/mol. The Bertz CT molecular complexity index is 1010. The van der Waals surface area contributed by atoms with Crippen molar-refractivity contribution in [2.75, 3.05) is 18.0 Å². The molecule has 26 heavy (non-hydrogen) atoms. The highest BCUT2D eigenvalue weighted by molar-refractivity contribution is 6.05. The first-order valence-corrected chi connectivity index (χ1v) is 8.77. The maximum Gasteiger partial charge on any atom is 0.293 e. The van der Waals surface area contributed by atoms with E-state index < -0.39 is 0 Å². The molecule has 0 saturated carbocycles. The van der Waals surface area contributed by atoms with Crippen LogP contribution < -0.4 is 15.8 Å². The van der Waals surface area contributed by atoms with E-state index in [4.69, 9.17) is 0 Å². The highest BCUT2D eigenvalue weighted by Crippen LogP contribution is 2.19. The number of benzene rings is 1. The molecule has 7 heteroatoms. The lowest BCUT2D eigenvalue weighted by atomic mass is 10.0. The predicted molar refractivity (Wildman–Crippen MR) is 100 cm³/mol. The van der Waals surface area contributed by atoms with Crippen LogP contribution in [0.5, 0.6) is 0 Å². The molecule has 2 aromatic heterocycles. The van der Waals surface area contributed by atoms with Gasteiger partial charge >= 0.3 is 0 Å². The van der Waals surface area contributed by atoms with Gasteiger partial charge in [-0.1, -0.05) is 12.1 Å². The summed E-state index contributed by atoms with van der Waals surface area (Å²) in [6, 6.07) is 7.61. The van der Waals surface area contributed by atoms with Gasteiger partial charge in [0.25, 0.3) is 11.5 Å². The number of carbonyl (C=O) groups is 1. The van der Waals surface area contributed by atoms with Gasteiger partial charge in [0.2, 0.25) is 0 Å². The molecule has 0 aliphatic carbocycles. The fourth-order valence-corrected chi connectivity index (χ4v) is 3.53. The van der Waals surface area contributed by atoms with Crippen LogP contribution in [-0.2, 0) is 7.05 Å². The van der Waals surface area contributed by atoms with E-state index in [1.807, 2.05) is 35.4 Å². The Morgan fingerprint density at radius 2 is 2.23 bits per heavy atom. The number of nitrogens with one attached hydrogen (secondary N) is 2. The number of rotatable bonds is 3. The third kappa shape index (κ3) is 2.96. The summed E-state index contributed by atoms with van der Waals surface area (Å²) in [5.74, 6) is 0.347. The summed E-state index contributed by atoms with van der Waals surface area (Å²) in [6.07, 6.45) is 6.89. The first-order chi connectivity index (χ1) is 12.6. The highest BCUT2D eigenvalue weighted by atomic mass is 16.2. The van der Waals surface area contributed by atoms with Crippen LogP contribution in [0.15, 0.2) is 47.7 Å². The standard InChI is InChI=1S/C19H21N5O2/c1-23-11-9-21-17(19(23)26)24-10-3-5-14(12-24)22-18(25)15-6-2-4-13-7-8-20-16(13)15/h2,4,6-9,11,14,20H,3,5,10,12H2,1H3,(H,22,25)/t14-/m1/s1. The van der Waals surface area contributed by atoms with Crippen molar-refractivity contribution in [3.05, 3.63) is 58.8 Å². The Morgan fingerprint density at radius 3 is 3.12 bits per heavy atom. The molecule has 4 rings (SSSR count). The third-order valence-corrected chi connectivity index (χ3v) is 4.89. The topological polar surface area (TPSA) is 83.0 Å². The van der Waals surface area contributed by atoms with E-state index >= 15 is 0 Å².